The minimum Gasteiger partial charge on any atom is -0.450 e. The number of imidazole rings is 1. The topological polar surface area (TPSA) is 125 Å². The smallest absolute Gasteiger partial charge is 0.409 e. The van der Waals surface area contributed by atoms with Gasteiger partial charge in [-0.1, -0.05) is 0 Å². The fourth-order valence-electron chi connectivity index (χ4n) is 3.93. The highest BCUT2D eigenvalue weighted by atomic mass is 16.6. The predicted octanol–water partition coefficient (Wildman–Crippen LogP) is 2.76. The number of ether oxygens (including phenoxy) is 1. The summed E-state index contributed by atoms with van der Waals surface area (Å²) in [6.45, 7) is 5.50. The molecule has 0 bridgehead atoms. The minimum absolute atomic E-state index is 0.223. The average Bonchev–Trinajstić information content (AvgIpc) is 3.02. The van der Waals surface area contributed by atoms with Crippen LogP contribution in [0.3, 0.4) is 0 Å². The number of carbonyl (C=O) groups excluding carboxylic acids is 1. The Morgan fingerprint density at radius 2 is 1.83 bits per heavy atom. The number of anilines is 2. The van der Waals surface area contributed by atoms with E-state index in [1.165, 1.54) is 0 Å². The van der Waals surface area contributed by atoms with Crippen LogP contribution in [0, 0.1) is 6.92 Å². The van der Waals surface area contributed by atoms with Gasteiger partial charge in [-0.2, -0.15) is 0 Å². The lowest BCUT2D eigenvalue weighted by Gasteiger charge is -2.32. The maximum absolute atomic E-state index is 12.0. The molecular weight excluding hydrogens is 370 g/mol. The first kappa shape index (κ1) is 19.0. The zero-order valence-electron chi connectivity index (χ0n) is 16.6. The number of amides is 1. The highest BCUT2D eigenvalue weighted by Gasteiger charge is 2.27. The van der Waals surface area contributed by atoms with Crippen LogP contribution in [0.2, 0.25) is 0 Å². The molecule has 152 valence electrons. The van der Waals surface area contributed by atoms with Crippen LogP contribution in [0.25, 0.3) is 22.4 Å². The summed E-state index contributed by atoms with van der Waals surface area (Å²) in [5.41, 5.74) is 14.9. The van der Waals surface area contributed by atoms with E-state index in [0.717, 1.165) is 41.1 Å². The third kappa shape index (κ3) is 3.67. The van der Waals surface area contributed by atoms with Crippen molar-refractivity contribution >= 4 is 28.9 Å². The Morgan fingerprint density at radius 1 is 1.14 bits per heavy atom. The summed E-state index contributed by atoms with van der Waals surface area (Å²) in [5.74, 6) is 1.63. The lowest BCUT2D eigenvalue weighted by molar-refractivity contribution is 0.0928. The summed E-state index contributed by atoms with van der Waals surface area (Å²) in [6.07, 6.45) is 1.41. The Hall–Kier alpha value is -3.36. The van der Waals surface area contributed by atoms with Crippen molar-refractivity contribution in [2.75, 3.05) is 31.2 Å². The fraction of sp³-hybridized carbons (Fsp3) is 0.400. The second-order valence-corrected chi connectivity index (χ2v) is 7.19. The number of nitrogens with zero attached hydrogens (tertiary/aromatic N) is 5. The van der Waals surface area contributed by atoms with Crippen LogP contribution < -0.4 is 11.5 Å². The van der Waals surface area contributed by atoms with Crippen molar-refractivity contribution in [1.29, 1.82) is 0 Å². The van der Waals surface area contributed by atoms with Gasteiger partial charge in [-0.05, 0) is 51.0 Å². The van der Waals surface area contributed by atoms with Crippen molar-refractivity contribution in [1.82, 2.24) is 24.4 Å². The Bertz CT molecular complexity index is 1030. The summed E-state index contributed by atoms with van der Waals surface area (Å²) < 4.78 is 7.29. The fourth-order valence-corrected chi connectivity index (χ4v) is 3.93. The molecule has 0 aliphatic carbocycles. The number of carbonyl (C=O) groups is 1. The van der Waals surface area contributed by atoms with Crippen LogP contribution in [0.4, 0.5) is 16.4 Å². The first-order valence-electron chi connectivity index (χ1n) is 9.77. The van der Waals surface area contributed by atoms with Gasteiger partial charge in [-0.25, -0.2) is 19.7 Å². The van der Waals surface area contributed by atoms with E-state index in [4.69, 9.17) is 21.2 Å². The molecule has 29 heavy (non-hydrogen) atoms. The van der Waals surface area contributed by atoms with Crippen molar-refractivity contribution in [3.05, 3.63) is 30.1 Å². The number of hydrogen-bond acceptors (Lipinski definition) is 7. The summed E-state index contributed by atoms with van der Waals surface area (Å²) >= 11 is 0. The molecular formula is C20H25N7O2. The average molecular weight is 395 g/mol. The maximum atomic E-state index is 12.0. The number of rotatable bonds is 3. The second kappa shape index (κ2) is 7.57. The molecule has 0 aromatic carbocycles. The molecule has 0 saturated carbocycles. The van der Waals surface area contributed by atoms with E-state index in [2.05, 4.69) is 14.5 Å². The molecule has 1 amide bonds. The molecule has 1 fully saturated rings. The summed E-state index contributed by atoms with van der Waals surface area (Å²) in [6, 6.07) is 7.62. The third-order valence-corrected chi connectivity index (χ3v) is 5.23. The lowest BCUT2D eigenvalue weighted by Crippen LogP contribution is -2.39. The number of hydrogen-bond donors (Lipinski definition) is 2. The van der Waals surface area contributed by atoms with Crippen molar-refractivity contribution in [3.63, 3.8) is 0 Å². The van der Waals surface area contributed by atoms with Gasteiger partial charge in [0.25, 0.3) is 0 Å². The first-order valence-corrected chi connectivity index (χ1v) is 9.77. The molecule has 9 nitrogen and oxygen atoms in total. The van der Waals surface area contributed by atoms with Crippen LogP contribution in [0.15, 0.2) is 24.3 Å². The van der Waals surface area contributed by atoms with Crippen LogP contribution in [-0.4, -0.2) is 50.2 Å². The van der Waals surface area contributed by atoms with E-state index in [1.54, 1.807) is 17.0 Å². The molecule has 4 N–H and O–H groups in total. The molecule has 3 aromatic rings. The van der Waals surface area contributed by atoms with Gasteiger partial charge in [-0.15, -0.1) is 0 Å². The zero-order valence-corrected chi connectivity index (χ0v) is 16.6. The van der Waals surface area contributed by atoms with Crippen molar-refractivity contribution in [3.8, 4) is 11.3 Å². The van der Waals surface area contributed by atoms with Gasteiger partial charge in [0.15, 0.2) is 5.65 Å². The van der Waals surface area contributed by atoms with Gasteiger partial charge >= 0.3 is 6.09 Å². The standard InChI is InChI=1S/C20H25N7O2/c1-3-29-20(28)26-8-6-14(7-9-26)27-12(2)23-16-5-4-15(24-19(16)27)13-10-17(21)25-18(22)11-13/h4-5,10-11,14H,3,6-9H2,1-2H3,(H4,21,22,25). The van der Waals surface area contributed by atoms with Crippen LogP contribution in [0.1, 0.15) is 31.6 Å². The van der Waals surface area contributed by atoms with E-state index in [9.17, 15) is 4.79 Å². The molecule has 4 rings (SSSR count). The number of pyridine rings is 2. The maximum Gasteiger partial charge on any atom is 0.409 e. The Kier molecular flexibility index (Phi) is 4.96. The second-order valence-electron chi connectivity index (χ2n) is 7.19. The van der Waals surface area contributed by atoms with E-state index in [1.807, 2.05) is 26.0 Å². The molecule has 1 aliphatic rings. The van der Waals surface area contributed by atoms with E-state index >= 15 is 0 Å². The van der Waals surface area contributed by atoms with Gasteiger partial charge in [0.1, 0.15) is 23.0 Å². The molecule has 1 aliphatic heterocycles. The molecule has 0 unspecified atom stereocenters. The third-order valence-electron chi connectivity index (χ3n) is 5.23. The quantitative estimate of drug-likeness (QED) is 0.698. The lowest BCUT2D eigenvalue weighted by atomic mass is 10.0. The van der Waals surface area contributed by atoms with Gasteiger partial charge < -0.3 is 25.7 Å². The van der Waals surface area contributed by atoms with Gasteiger partial charge in [0.05, 0.1) is 12.3 Å². The largest absolute Gasteiger partial charge is 0.450 e. The molecule has 0 atom stereocenters. The number of nitrogen functional groups attached to an aromatic ring is 2. The van der Waals surface area contributed by atoms with Gasteiger partial charge in [0.2, 0.25) is 0 Å². The number of aryl methyl sites for hydroxylation is 1. The molecule has 9 heteroatoms. The molecule has 3 aromatic heterocycles. The van der Waals surface area contributed by atoms with Crippen LogP contribution in [0.5, 0.6) is 0 Å². The minimum atomic E-state index is -0.244. The van der Waals surface area contributed by atoms with Crippen molar-refractivity contribution < 1.29 is 9.53 Å². The highest BCUT2D eigenvalue weighted by Crippen LogP contribution is 2.30. The van der Waals surface area contributed by atoms with E-state index in [0.29, 0.717) is 31.3 Å². The summed E-state index contributed by atoms with van der Waals surface area (Å²) in [4.78, 5) is 27.3. The zero-order chi connectivity index (χ0) is 20.5. The Morgan fingerprint density at radius 3 is 2.48 bits per heavy atom. The van der Waals surface area contributed by atoms with E-state index < -0.39 is 0 Å². The SMILES string of the molecule is CCOC(=O)N1CCC(n2c(C)nc3ccc(-c4cc(N)nc(N)c4)nc32)CC1. The Labute approximate surface area is 168 Å². The van der Waals surface area contributed by atoms with Gasteiger partial charge in [-0.3, -0.25) is 0 Å². The molecule has 4 heterocycles. The highest BCUT2D eigenvalue weighted by molar-refractivity contribution is 5.77. The molecule has 0 spiro atoms. The first-order chi connectivity index (χ1) is 14.0. The molecule has 0 radical (unpaired) electrons. The predicted molar refractivity (Wildman–Crippen MR) is 111 cm³/mol. The van der Waals surface area contributed by atoms with Crippen molar-refractivity contribution in [2.45, 2.75) is 32.7 Å². The van der Waals surface area contributed by atoms with Crippen LogP contribution >= 0.6 is 0 Å². The number of piperidine rings is 1. The summed E-state index contributed by atoms with van der Waals surface area (Å²) in [7, 11) is 0. The number of aromatic nitrogens is 4. The van der Waals surface area contributed by atoms with Crippen LogP contribution in [-0.2, 0) is 4.74 Å². The van der Waals surface area contributed by atoms with Crippen molar-refractivity contribution in [2.24, 2.45) is 0 Å². The number of fused-ring (bicyclic) bond motifs is 1. The van der Waals surface area contributed by atoms with E-state index in [-0.39, 0.29) is 12.1 Å². The molecule has 1 saturated heterocycles. The van der Waals surface area contributed by atoms with Gasteiger partial charge in [0, 0.05) is 24.7 Å². The number of likely N-dealkylation sites (tertiary alicyclic amines) is 1. The monoisotopic (exact) mass is 395 g/mol. The Balaban J connectivity index is 1.65. The number of nitrogens with two attached hydrogens (primary N) is 2. The summed E-state index contributed by atoms with van der Waals surface area (Å²) in [5, 5.41) is 0. The normalized spacial score (nSPS) is 15.0.